The first kappa shape index (κ1) is 30.0. The Morgan fingerprint density at radius 3 is 2.42 bits per heavy atom. The number of allylic oxidation sites excluding steroid dienone is 1. The van der Waals surface area contributed by atoms with Crippen molar-refractivity contribution in [2.75, 3.05) is 20.3 Å². The molecule has 43 heavy (non-hydrogen) atoms. The van der Waals surface area contributed by atoms with Crippen LogP contribution in [-0.4, -0.2) is 36.8 Å². The molecule has 4 aromatic rings. The first-order chi connectivity index (χ1) is 20.8. The molecule has 11 heteroatoms. The molecule has 0 N–H and O–H groups in total. The molecule has 0 saturated heterocycles. The summed E-state index contributed by atoms with van der Waals surface area (Å²) in [4.78, 5) is 44.6. The minimum absolute atomic E-state index is 0.223. The van der Waals surface area contributed by atoms with Gasteiger partial charge >= 0.3 is 11.9 Å². The molecule has 0 fully saturated rings. The number of thiazole rings is 1. The molecular weight excluding hydrogens is 588 g/mol. The number of ether oxygens (including phenoxy) is 4. The second kappa shape index (κ2) is 13.2. The number of hydrogen-bond acceptors (Lipinski definition) is 10. The van der Waals surface area contributed by atoms with Gasteiger partial charge in [-0.1, -0.05) is 35.6 Å². The number of carbonyl (C=O) groups is 2. The van der Waals surface area contributed by atoms with Gasteiger partial charge in [-0.25, -0.2) is 14.6 Å². The molecule has 2 aromatic carbocycles. The van der Waals surface area contributed by atoms with E-state index in [4.69, 9.17) is 18.9 Å². The number of nitrogens with zero attached hydrogens (tertiary/aromatic N) is 2. The highest BCUT2D eigenvalue weighted by Gasteiger charge is 2.33. The quantitative estimate of drug-likeness (QED) is 0.239. The van der Waals surface area contributed by atoms with Gasteiger partial charge in [0.05, 0.1) is 41.7 Å². The lowest BCUT2D eigenvalue weighted by Crippen LogP contribution is -2.39. The summed E-state index contributed by atoms with van der Waals surface area (Å²) in [6, 6.07) is 15.6. The van der Waals surface area contributed by atoms with Crippen molar-refractivity contribution in [2.24, 2.45) is 4.99 Å². The van der Waals surface area contributed by atoms with Crippen molar-refractivity contribution >= 4 is 40.7 Å². The molecule has 0 bridgehead atoms. The number of carbonyl (C=O) groups excluding carboxylic acids is 2. The number of fused-ring (bicyclic) bond motifs is 1. The van der Waals surface area contributed by atoms with Gasteiger partial charge in [-0.2, -0.15) is 0 Å². The van der Waals surface area contributed by atoms with Crippen LogP contribution in [0.5, 0.6) is 11.5 Å². The Hall–Kier alpha value is -4.48. The van der Waals surface area contributed by atoms with E-state index in [2.05, 4.69) is 4.99 Å². The summed E-state index contributed by atoms with van der Waals surface area (Å²) in [5.74, 6) is 0.188. The standard InChI is InChI=1S/C32H30N2O7S2/c1-5-39-30(36)22-12-9-20(10-13-22)18-41-23-14-11-21(16-24(23)38-4)17-26-29(35)34-28(25-8-7-15-42-25)27(31(37)40-6-2)19(3)33-32(34)43-26/h7-17,28H,5-6,18H2,1-4H3/b26-17-/t28-/m1/s1. The second-order valence-electron chi connectivity index (χ2n) is 9.43. The molecule has 1 aliphatic rings. The van der Waals surface area contributed by atoms with Crippen LogP contribution in [0.3, 0.4) is 0 Å². The number of esters is 2. The predicted molar refractivity (Wildman–Crippen MR) is 164 cm³/mol. The van der Waals surface area contributed by atoms with Crippen LogP contribution in [0.1, 0.15) is 53.2 Å². The summed E-state index contributed by atoms with van der Waals surface area (Å²) < 4.78 is 24.0. The van der Waals surface area contributed by atoms with E-state index in [1.54, 1.807) is 62.8 Å². The molecule has 0 unspecified atom stereocenters. The monoisotopic (exact) mass is 618 g/mol. The Morgan fingerprint density at radius 1 is 1.00 bits per heavy atom. The summed E-state index contributed by atoms with van der Waals surface area (Å²) in [7, 11) is 1.55. The lowest BCUT2D eigenvalue weighted by atomic mass is 10.0. The molecule has 0 saturated carbocycles. The molecule has 3 heterocycles. The second-order valence-corrected chi connectivity index (χ2v) is 11.4. The van der Waals surface area contributed by atoms with Crippen molar-refractivity contribution in [3.63, 3.8) is 0 Å². The van der Waals surface area contributed by atoms with Crippen LogP contribution >= 0.6 is 22.7 Å². The number of aromatic nitrogens is 1. The first-order valence-electron chi connectivity index (χ1n) is 13.6. The van der Waals surface area contributed by atoms with Crippen molar-refractivity contribution in [1.82, 2.24) is 4.57 Å². The maximum Gasteiger partial charge on any atom is 0.338 e. The zero-order valence-electron chi connectivity index (χ0n) is 24.1. The van der Waals surface area contributed by atoms with Gasteiger partial charge in [-0.15, -0.1) is 11.3 Å². The summed E-state index contributed by atoms with van der Waals surface area (Å²) >= 11 is 2.73. The van der Waals surface area contributed by atoms with Gasteiger partial charge in [0.25, 0.3) is 5.56 Å². The van der Waals surface area contributed by atoms with Crippen molar-refractivity contribution in [1.29, 1.82) is 0 Å². The van der Waals surface area contributed by atoms with E-state index in [-0.39, 0.29) is 24.7 Å². The van der Waals surface area contributed by atoms with E-state index < -0.39 is 12.0 Å². The number of hydrogen-bond donors (Lipinski definition) is 0. The van der Waals surface area contributed by atoms with Crippen LogP contribution in [0, 0.1) is 0 Å². The lowest BCUT2D eigenvalue weighted by Gasteiger charge is -2.23. The number of rotatable bonds is 10. The van der Waals surface area contributed by atoms with Crippen molar-refractivity contribution in [3.05, 3.63) is 113 Å². The van der Waals surface area contributed by atoms with Crippen LogP contribution in [0.15, 0.2) is 81.0 Å². The fourth-order valence-corrected chi connectivity index (χ4v) is 6.53. The van der Waals surface area contributed by atoms with Crippen LogP contribution in [0.2, 0.25) is 0 Å². The highest BCUT2D eigenvalue weighted by Crippen LogP contribution is 2.33. The van der Waals surface area contributed by atoms with E-state index >= 15 is 0 Å². The third-order valence-corrected chi connectivity index (χ3v) is 8.58. The topological polar surface area (TPSA) is 105 Å². The van der Waals surface area contributed by atoms with Crippen LogP contribution < -0.4 is 24.4 Å². The van der Waals surface area contributed by atoms with E-state index in [1.165, 1.54) is 22.7 Å². The Labute approximate surface area is 256 Å². The highest BCUT2D eigenvalue weighted by atomic mass is 32.1. The van der Waals surface area contributed by atoms with Crippen molar-refractivity contribution < 1.29 is 28.5 Å². The molecular formula is C32H30N2O7S2. The fourth-order valence-electron chi connectivity index (χ4n) is 4.66. The minimum atomic E-state index is -0.617. The number of thiophene rings is 1. The van der Waals surface area contributed by atoms with Crippen molar-refractivity contribution in [3.8, 4) is 11.5 Å². The predicted octanol–water partition coefficient (Wildman–Crippen LogP) is 4.62. The molecule has 9 nitrogen and oxygen atoms in total. The fraction of sp³-hybridized carbons (Fsp3) is 0.250. The first-order valence-corrected chi connectivity index (χ1v) is 15.3. The summed E-state index contributed by atoms with van der Waals surface area (Å²) in [6.45, 7) is 6.09. The van der Waals surface area contributed by atoms with Gasteiger partial charge in [0, 0.05) is 4.88 Å². The molecule has 2 aromatic heterocycles. The summed E-state index contributed by atoms with van der Waals surface area (Å²) in [6.07, 6.45) is 1.78. The van der Waals surface area contributed by atoms with Gasteiger partial charge in [-0.3, -0.25) is 9.36 Å². The Morgan fingerprint density at radius 2 is 1.74 bits per heavy atom. The maximum atomic E-state index is 13.8. The molecule has 0 amide bonds. The molecule has 222 valence electrons. The molecule has 0 spiro atoms. The minimum Gasteiger partial charge on any atom is -0.493 e. The van der Waals surface area contributed by atoms with Crippen LogP contribution in [-0.2, 0) is 20.9 Å². The van der Waals surface area contributed by atoms with E-state index in [0.29, 0.717) is 44.3 Å². The molecule has 5 rings (SSSR count). The molecule has 1 aliphatic heterocycles. The Balaban J connectivity index is 1.43. The van der Waals surface area contributed by atoms with Crippen LogP contribution in [0.4, 0.5) is 0 Å². The van der Waals surface area contributed by atoms with Gasteiger partial charge in [0.2, 0.25) is 0 Å². The smallest absolute Gasteiger partial charge is 0.338 e. The average molecular weight is 619 g/mol. The Bertz CT molecular complexity index is 1850. The van der Waals surface area contributed by atoms with Gasteiger partial charge < -0.3 is 18.9 Å². The van der Waals surface area contributed by atoms with Gasteiger partial charge in [0.15, 0.2) is 16.3 Å². The van der Waals surface area contributed by atoms with Crippen LogP contribution in [0.25, 0.3) is 6.08 Å². The normalized spacial score (nSPS) is 14.6. The number of benzene rings is 2. The third kappa shape index (κ3) is 6.32. The molecule has 1 atom stereocenters. The number of methoxy groups -OCH3 is 1. The summed E-state index contributed by atoms with van der Waals surface area (Å²) in [5.41, 5.74) is 2.74. The lowest BCUT2D eigenvalue weighted by molar-refractivity contribution is -0.139. The van der Waals surface area contributed by atoms with E-state index in [9.17, 15) is 14.4 Å². The van der Waals surface area contributed by atoms with Gasteiger partial charge in [-0.05, 0) is 73.7 Å². The highest BCUT2D eigenvalue weighted by molar-refractivity contribution is 7.10. The third-order valence-electron chi connectivity index (χ3n) is 6.67. The summed E-state index contributed by atoms with van der Waals surface area (Å²) in [5, 5.41) is 1.91. The average Bonchev–Trinajstić information content (AvgIpc) is 3.64. The largest absolute Gasteiger partial charge is 0.493 e. The maximum absolute atomic E-state index is 13.8. The zero-order valence-corrected chi connectivity index (χ0v) is 25.8. The van der Waals surface area contributed by atoms with E-state index in [1.807, 2.05) is 35.7 Å². The molecule has 0 aliphatic carbocycles. The van der Waals surface area contributed by atoms with E-state index in [0.717, 1.165) is 16.0 Å². The Kier molecular flexibility index (Phi) is 9.22. The SMILES string of the molecule is CCOC(=O)C1=C(C)N=c2s/c(=C\c3ccc(OCc4ccc(C(=O)OCC)cc4)c(OC)c3)c(=O)n2[C@@H]1c1cccs1. The zero-order chi connectivity index (χ0) is 30.5. The molecule has 0 radical (unpaired) electrons. The van der Waals surface area contributed by atoms with Gasteiger partial charge in [0.1, 0.15) is 12.6 Å². The van der Waals surface area contributed by atoms with Crippen molar-refractivity contribution in [2.45, 2.75) is 33.4 Å².